The molecule has 220 valence electrons. The van der Waals surface area contributed by atoms with Crippen molar-refractivity contribution in [2.24, 2.45) is 0 Å². The minimum Gasteiger partial charge on any atom is -0.496 e. The Balaban J connectivity index is 0.00000216. The van der Waals surface area contributed by atoms with Crippen molar-refractivity contribution in [2.45, 2.75) is 59.4 Å². The molecule has 0 bridgehead atoms. The number of rotatable bonds is 13. The molecule has 0 spiro atoms. The highest BCUT2D eigenvalue weighted by molar-refractivity contribution is 5.85. The van der Waals surface area contributed by atoms with Crippen LogP contribution in [0, 0.1) is 0 Å². The van der Waals surface area contributed by atoms with Gasteiger partial charge in [-0.25, -0.2) is 4.98 Å². The minimum absolute atomic E-state index is 0.230. The molecule has 11 heteroatoms. The van der Waals surface area contributed by atoms with Gasteiger partial charge in [0.1, 0.15) is 11.3 Å². The summed E-state index contributed by atoms with van der Waals surface area (Å²) in [7, 11) is 3.63. The van der Waals surface area contributed by atoms with Gasteiger partial charge < -0.3 is 30.9 Å². The van der Waals surface area contributed by atoms with Crippen molar-refractivity contribution >= 4 is 34.4 Å². The second kappa shape index (κ2) is 15.9. The molecular formula is C29H47N9O2. The van der Waals surface area contributed by atoms with E-state index in [0.29, 0.717) is 29.8 Å². The monoisotopic (exact) mass is 553 g/mol. The molecule has 2 aromatic heterocycles. The first-order valence-corrected chi connectivity index (χ1v) is 14.6. The first-order valence-electron chi connectivity index (χ1n) is 14.6. The van der Waals surface area contributed by atoms with E-state index in [-0.39, 0.29) is 11.9 Å². The number of piperazine rings is 1. The molecule has 1 aromatic carbocycles. The lowest BCUT2D eigenvalue weighted by molar-refractivity contribution is -0.131. The van der Waals surface area contributed by atoms with Crippen LogP contribution in [0.25, 0.3) is 11.0 Å². The Morgan fingerprint density at radius 2 is 1.85 bits per heavy atom. The molecule has 1 amide bonds. The van der Waals surface area contributed by atoms with Gasteiger partial charge in [0.05, 0.1) is 19.9 Å². The number of carbonyl (C=O) groups excluding carboxylic acids is 1. The van der Waals surface area contributed by atoms with Crippen molar-refractivity contribution in [1.29, 1.82) is 0 Å². The van der Waals surface area contributed by atoms with E-state index in [2.05, 4.69) is 50.6 Å². The molecule has 3 aromatic rings. The van der Waals surface area contributed by atoms with Crippen LogP contribution < -0.4 is 26.0 Å². The largest absolute Gasteiger partial charge is 0.496 e. The normalized spacial score (nSPS) is 13.2. The number of hydrogen-bond acceptors (Lipinski definition) is 9. The van der Waals surface area contributed by atoms with Crippen LogP contribution in [0.1, 0.15) is 58.4 Å². The van der Waals surface area contributed by atoms with Crippen molar-refractivity contribution in [3.8, 4) is 5.75 Å². The summed E-state index contributed by atoms with van der Waals surface area (Å²) in [4.78, 5) is 25.5. The Kier molecular flexibility index (Phi) is 12.3. The number of benzene rings is 1. The Morgan fingerprint density at radius 1 is 1.07 bits per heavy atom. The standard InChI is InChI=1S/C27H41N9O2.C2H6/c1-4-5-12-30-26-25-22(31-27(28)32-26)19-36(33-25)18-20-9-10-21(17-23(20)38-3)34-13-15-35(16-14-34)24(37)8-6-7-11-29-2;1-2/h9-10,17,19,29H,4-8,11-16,18H2,1-3H3,(H3,28,30,31,32);1-2H3. The lowest BCUT2D eigenvalue weighted by Gasteiger charge is -2.36. The summed E-state index contributed by atoms with van der Waals surface area (Å²) in [6.07, 6.45) is 6.61. The van der Waals surface area contributed by atoms with E-state index in [0.717, 1.165) is 82.0 Å². The number of carbonyl (C=O) groups is 1. The van der Waals surface area contributed by atoms with Crippen molar-refractivity contribution in [1.82, 2.24) is 30.0 Å². The zero-order valence-electron chi connectivity index (χ0n) is 24.9. The SMILES string of the molecule is CC.CCCCNc1nc(N)nc2cn(Cc3ccc(N4CCN(C(=O)CCCCNC)CC4)cc3OC)nc12. The Labute approximate surface area is 238 Å². The number of nitrogens with two attached hydrogens (primary N) is 1. The van der Waals surface area contributed by atoms with Crippen molar-refractivity contribution < 1.29 is 9.53 Å². The summed E-state index contributed by atoms with van der Waals surface area (Å²) in [5.74, 6) is 1.96. The number of nitrogens with zero attached hydrogens (tertiary/aromatic N) is 6. The summed E-state index contributed by atoms with van der Waals surface area (Å²) in [5, 5.41) is 11.2. The fourth-order valence-corrected chi connectivity index (χ4v) is 4.75. The van der Waals surface area contributed by atoms with E-state index in [1.807, 2.05) is 36.7 Å². The van der Waals surface area contributed by atoms with Crippen LogP contribution in [0.2, 0.25) is 0 Å². The molecule has 1 fully saturated rings. The first kappa shape index (κ1) is 30.9. The number of aromatic nitrogens is 4. The van der Waals surface area contributed by atoms with E-state index < -0.39 is 0 Å². The Morgan fingerprint density at radius 3 is 2.55 bits per heavy atom. The second-order valence-electron chi connectivity index (χ2n) is 9.70. The molecule has 4 N–H and O–H groups in total. The predicted octanol–water partition coefficient (Wildman–Crippen LogP) is 3.74. The molecule has 0 radical (unpaired) electrons. The summed E-state index contributed by atoms with van der Waals surface area (Å²) in [5.41, 5.74) is 9.46. The van der Waals surface area contributed by atoms with Crippen LogP contribution in [0.15, 0.2) is 24.4 Å². The number of fused-ring (bicyclic) bond motifs is 1. The smallest absolute Gasteiger partial charge is 0.222 e. The van der Waals surface area contributed by atoms with Crippen molar-refractivity contribution in [3.63, 3.8) is 0 Å². The number of anilines is 3. The van der Waals surface area contributed by atoms with Gasteiger partial charge in [-0.15, -0.1) is 0 Å². The average molecular weight is 554 g/mol. The molecule has 4 rings (SSSR count). The van der Waals surface area contributed by atoms with Crippen LogP contribution in [0.3, 0.4) is 0 Å². The fourth-order valence-electron chi connectivity index (χ4n) is 4.75. The van der Waals surface area contributed by atoms with Crippen LogP contribution in [0.4, 0.5) is 17.5 Å². The van der Waals surface area contributed by atoms with Crippen LogP contribution >= 0.6 is 0 Å². The number of unbranched alkanes of at least 4 members (excludes halogenated alkanes) is 2. The van der Waals surface area contributed by atoms with Gasteiger partial charge in [-0.2, -0.15) is 10.1 Å². The quantitative estimate of drug-likeness (QED) is 0.271. The molecule has 1 aliphatic heterocycles. The lowest BCUT2D eigenvalue weighted by Crippen LogP contribution is -2.48. The molecule has 0 saturated carbocycles. The molecule has 40 heavy (non-hydrogen) atoms. The van der Waals surface area contributed by atoms with Gasteiger partial charge >= 0.3 is 0 Å². The van der Waals surface area contributed by atoms with Gasteiger partial charge in [-0.3, -0.25) is 9.48 Å². The van der Waals surface area contributed by atoms with E-state index >= 15 is 0 Å². The third kappa shape index (κ3) is 8.20. The summed E-state index contributed by atoms with van der Waals surface area (Å²) in [6, 6.07) is 6.27. The second-order valence-corrected chi connectivity index (χ2v) is 9.70. The zero-order chi connectivity index (χ0) is 28.9. The zero-order valence-corrected chi connectivity index (χ0v) is 24.9. The molecule has 1 aliphatic rings. The lowest BCUT2D eigenvalue weighted by atomic mass is 10.1. The molecular weight excluding hydrogens is 506 g/mol. The van der Waals surface area contributed by atoms with Gasteiger partial charge in [0.25, 0.3) is 0 Å². The first-order chi connectivity index (χ1) is 19.5. The van der Waals surface area contributed by atoms with Gasteiger partial charge in [-0.1, -0.05) is 33.3 Å². The van der Waals surface area contributed by atoms with Gasteiger partial charge in [0.2, 0.25) is 11.9 Å². The predicted molar refractivity (Wildman–Crippen MR) is 163 cm³/mol. The molecule has 0 unspecified atom stereocenters. The summed E-state index contributed by atoms with van der Waals surface area (Å²) in [6.45, 7) is 11.5. The van der Waals surface area contributed by atoms with E-state index in [1.165, 1.54) is 0 Å². The van der Waals surface area contributed by atoms with Crippen LogP contribution in [-0.2, 0) is 11.3 Å². The Bertz CT molecular complexity index is 1210. The third-order valence-corrected chi connectivity index (χ3v) is 6.92. The van der Waals surface area contributed by atoms with Gasteiger partial charge in [-0.05, 0) is 38.9 Å². The minimum atomic E-state index is 0.230. The number of nitrogens with one attached hydrogen (secondary N) is 2. The maximum absolute atomic E-state index is 12.5. The Hall–Kier alpha value is -3.60. The molecule has 0 atom stereocenters. The topological polar surface area (TPSA) is 126 Å². The van der Waals surface area contributed by atoms with E-state index in [1.54, 1.807) is 7.11 Å². The van der Waals surface area contributed by atoms with Crippen LogP contribution in [-0.4, -0.2) is 84.0 Å². The highest BCUT2D eigenvalue weighted by Gasteiger charge is 2.22. The number of amides is 1. The highest BCUT2D eigenvalue weighted by Crippen LogP contribution is 2.28. The van der Waals surface area contributed by atoms with Gasteiger partial charge in [0, 0.05) is 56.5 Å². The van der Waals surface area contributed by atoms with Gasteiger partial charge in [0.15, 0.2) is 11.3 Å². The van der Waals surface area contributed by atoms with E-state index in [9.17, 15) is 4.79 Å². The molecule has 0 aliphatic carbocycles. The maximum atomic E-state index is 12.5. The van der Waals surface area contributed by atoms with Crippen molar-refractivity contribution in [3.05, 3.63) is 30.0 Å². The molecule has 1 saturated heterocycles. The number of methoxy groups -OCH3 is 1. The molecule has 3 heterocycles. The van der Waals surface area contributed by atoms with Crippen LogP contribution in [0.5, 0.6) is 5.75 Å². The third-order valence-electron chi connectivity index (χ3n) is 6.92. The van der Waals surface area contributed by atoms with E-state index in [4.69, 9.17) is 15.6 Å². The average Bonchev–Trinajstić information content (AvgIpc) is 3.39. The summed E-state index contributed by atoms with van der Waals surface area (Å²) < 4.78 is 7.61. The fraction of sp³-hybridized carbons (Fsp3) is 0.586. The summed E-state index contributed by atoms with van der Waals surface area (Å²) >= 11 is 0. The number of hydrogen-bond donors (Lipinski definition) is 3. The highest BCUT2D eigenvalue weighted by atomic mass is 16.5. The van der Waals surface area contributed by atoms with Crippen molar-refractivity contribution in [2.75, 3.05) is 69.4 Å². The maximum Gasteiger partial charge on any atom is 0.222 e. The number of nitrogen functional groups attached to an aromatic ring is 1. The number of ether oxygens (including phenoxy) is 1. The molecule has 11 nitrogen and oxygen atoms in total.